The van der Waals surface area contributed by atoms with E-state index in [0.717, 1.165) is 56.1 Å². The maximum Gasteiger partial charge on any atom is 0.254 e. The van der Waals surface area contributed by atoms with E-state index in [9.17, 15) is 9.59 Å². The number of thiazole rings is 1. The van der Waals surface area contributed by atoms with E-state index in [-0.39, 0.29) is 11.8 Å². The maximum absolute atomic E-state index is 13.1. The van der Waals surface area contributed by atoms with Crippen molar-refractivity contribution in [1.82, 2.24) is 24.6 Å². The van der Waals surface area contributed by atoms with Crippen LogP contribution in [0.3, 0.4) is 0 Å². The molecule has 9 nitrogen and oxygen atoms in total. The van der Waals surface area contributed by atoms with Crippen molar-refractivity contribution in [3.8, 4) is 27.5 Å². The van der Waals surface area contributed by atoms with Crippen LogP contribution in [0.5, 0.6) is 0 Å². The highest BCUT2D eigenvalue weighted by atomic mass is 79.9. The fourth-order valence-electron chi connectivity index (χ4n) is 4.74. The highest BCUT2D eigenvalue weighted by molar-refractivity contribution is 9.10. The SMILES string of the molecule is CC(=O)Nc1nc2c(s1)-c1c(c(-c3cccnc3)nn1-c1ccc(C(=O)N3CCOCC3)cc1Br)CC2. The third kappa shape index (κ3) is 4.47. The van der Waals surface area contributed by atoms with Crippen molar-refractivity contribution in [2.75, 3.05) is 31.6 Å². The molecule has 1 aromatic carbocycles. The summed E-state index contributed by atoms with van der Waals surface area (Å²) < 4.78 is 8.06. The first-order chi connectivity index (χ1) is 18.0. The van der Waals surface area contributed by atoms with Crippen LogP contribution in [0.1, 0.15) is 28.5 Å². The number of carbonyl (C=O) groups is 2. The van der Waals surface area contributed by atoms with Gasteiger partial charge < -0.3 is 15.0 Å². The van der Waals surface area contributed by atoms with Crippen LogP contribution in [-0.2, 0) is 22.4 Å². The number of hydrogen-bond donors (Lipinski definition) is 1. The molecule has 0 spiro atoms. The number of benzene rings is 1. The Kier molecular flexibility index (Phi) is 6.35. The van der Waals surface area contributed by atoms with Crippen molar-refractivity contribution in [3.63, 3.8) is 0 Å². The zero-order chi connectivity index (χ0) is 25.5. The van der Waals surface area contributed by atoms with Crippen molar-refractivity contribution in [3.05, 3.63) is 64.0 Å². The van der Waals surface area contributed by atoms with E-state index in [1.54, 1.807) is 6.20 Å². The summed E-state index contributed by atoms with van der Waals surface area (Å²) in [6.07, 6.45) is 5.08. The van der Waals surface area contributed by atoms with Crippen molar-refractivity contribution in [2.24, 2.45) is 0 Å². The second-order valence-corrected chi connectivity index (χ2v) is 10.7. The largest absolute Gasteiger partial charge is 0.378 e. The Morgan fingerprint density at radius 2 is 2.00 bits per heavy atom. The average Bonchev–Trinajstić information content (AvgIpc) is 3.50. The molecule has 0 radical (unpaired) electrons. The summed E-state index contributed by atoms with van der Waals surface area (Å²) >= 11 is 5.16. The number of aryl methyl sites for hydroxylation is 1. The van der Waals surface area contributed by atoms with Gasteiger partial charge in [-0.1, -0.05) is 11.3 Å². The number of pyridine rings is 1. The van der Waals surface area contributed by atoms with Crippen LogP contribution in [0.4, 0.5) is 5.13 Å². The number of fused-ring (bicyclic) bond motifs is 3. The number of hydrogen-bond acceptors (Lipinski definition) is 7. The molecule has 4 aromatic rings. The quantitative estimate of drug-likeness (QED) is 0.386. The topological polar surface area (TPSA) is 102 Å². The number of ether oxygens (including phenoxy) is 1. The van der Waals surface area contributed by atoms with Crippen LogP contribution in [0.2, 0.25) is 0 Å². The van der Waals surface area contributed by atoms with E-state index in [1.165, 1.54) is 18.3 Å². The van der Waals surface area contributed by atoms with Crippen molar-refractivity contribution < 1.29 is 14.3 Å². The van der Waals surface area contributed by atoms with E-state index in [4.69, 9.17) is 9.84 Å². The minimum Gasteiger partial charge on any atom is -0.378 e. The summed E-state index contributed by atoms with van der Waals surface area (Å²) in [6, 6.07) is 9.52. The van der Waals surface area contributed by atoms with E-state index >= 15 is 0 Å². The Hall–Kier alpha value is -3.41. The number of nitrogens with zero attached hydrogens (tertiary/aromatic N) is 5. The van der Waals surface area contributed by atoms with Crippen LogP contribution in [0.25, 0.3) is 27.5 Å². The highest BCUT2D eigenvalue weighted by Gasteiger charge is 2.31. The number of amides is 2. The minimum atomic E-state index is -0.154. The van der Waals surface area contributed by atoms with Gasteiger partial charge in [-0.25, -0.2) is 9.67 Å². The van der Waals surface area contributed by atoms with E-state index in [1.807, 2.05) is 46.1 Å². The Morgan fingerprint density at radius 1 is 1.16 bits per heavy atom. The molecule has 1 aliphatic heterocycles. The zero-order valence-electron chi connectivity index (χ0n) is 20.0. The van der Waals surface area contributed by atoms with Gasteiger partial charge in [0, 0.05) is 53.6 Å². The fourth-order valence-corrected chi connectivity index (χ4v) is 6.41. The van der Waals surface area contributed by atoms with Crippen LogP contribution in [-0.4, -0.2) is 62.8 Å². The van der Waals surface area contributed by atoms with E-state index < -0.39 is 0 Å². The maximum atomic E-state index is 13.1. The molecule has 11 heteroatoms. The van der Waals surface area contributed by atoms with Crippen molar-refractivity contribution >= 4 is 44.2 Å². The van der Waals surface area contributed by atoms with Crippen LogP contribution in [0.15, 0.2) is 47.2 Å². The Bertz CT molecular complexity index is 1510. The molecule has 4 heterocycles. The first-order valence-electron chi connectivity index (χ1n) is 12.0. The molecule has 1 aliphatic carbocycles. The Labute approximate surface area is 225 Å². The normalized spacial score (nSPS) is 14.7. The molecule has 0 bridgehead atoms. The molecular formula is C26H23BrN6O3S. The van der Waals surface area contributed by atoms with Gasteiger partial charge in [0.1, 0.15) is 0 Å². The summed E-state index contributed by atoms with van der Waals surface area (Å²) in [5.74, 6) is -0.169. The molecule has 1 fully saturated rings. The second kappa shape index (κ2) is 9.81. The first-order valence-corrected chi connectivity index (χ1v) is 13.6. The lowest BCUT2D eigenvalue weighted by molar-refractivity contribution is -0.114. The lowest BCUT2D eigenvalue weighted by Gasteiger charge is -2.27. The van der Waals surface area contributed by atoms with Gasteiger partial charge in [0.25, 0.3) is 5.91 Å². The van der Waals surface area contributed by atoms with E-state index in [2.05, 4.69) is 31.2 Å². The lowest BCUT2D eigenvalue weighted by atomic mass is 9.95. The van der Waals surface area contributed by atoms with Crippen LogP contribution < -0.4 is 5.32 Å². The molecule has 188 valence electrons. The van der Waals surface area contributed by atoms with Gasteiger partial charge in [-0.2, -0.15) is 5.10 Å². The summed E-state index contributed by atoms with van der Waals surface area (Å²) in [5, 5.41) is 8.45. The van der Waals surface area contributed by atoms with Crippen LogP contribution >= 0.6 is 27.3 Å². The number of aromatic nitrogens is 4. The molecule has 6 rings (SSSR count). The summed E-state index contributed by atoms with van der Waals surface area (Å²) in [6.45, 7) is 3.76. The number of carbonyl (C=O) groups excluding carboxylic acids is 2. The van der Waals surface area contributed by atoms with Gasteiger partial charge in [0.2, 0.25) is 5.91 Å². The van der Waals surface area contributed by atoms with Gasteiger partial charge in [-0.15, -0.1) is 0 Å². The Morgan fingerprint density at radius 3 is 2.73 bits per heavy atom. The molecule has 3 aromatic heterocycles. The van der Waals surface area contributed by atoms with Crippen LogP contribution in [0, 0.1) is 0 Å². The standard InChI is InChI=1S/C26H23BrN6O3S/c1-15(34)29-26-30-20-6-5-18-22(17-3-2-8-28-14-17)31-33(23(18)24(20)37-26)21-7-4-16(13-19(21)27)25(35)32-9-11-36-12-10-32/h2-4,7-8,13-14H,5-6,9-12H2,1H3,(H,29,30,34). The number of halogens is 1. The van der Waals surface area contributed by atoms with Gasteiger partial charge in [-0.3, -0.25) is 14.6 Å². The smallest absolute Gasteiger partial charge is 0.254 e. The lowest BCUT2D eigenvalue weighted by Crippen LogP contribution is -2.40. The summed E-state index contributed by atoms with van der Waals surface area (Å²) in [4.78, 5) is 36.5. The van der Waals surface area contributed by atoms with Crippen molar-refractivity contribution in [2.45, 2.75) is 19.8 Å². The molecule has 0 atom stereocenters. The number of anilines is 1. The highest BCUT2D eigenvalue weighted by Crippen LogP contribution is 2.44. The van der Waals surface area contributed by atoms with Gasteiger partial charge >= 0.3 is 0 Å². The minimum absolute atomic E-state index is 0.0150. The molecule has 0 saturated carbocycles. The van der Waals surface area contributed by atoms with Gasteiger partial charge in [-0.05, 0) is 59.1 Å². The Balaban J connectivity index is 1.47. The molecule has 2 amide bonds. The molecule has 1 N–H and O–H groups in total. The third-order valence-corrected chi connectivity index (χ3v) is 8.10. The summed E-state index contributed by atoms with van der Waals surface area (Å²) in [5.41, 5.74) is 6.22. The van der Waals surface area contributed by atoms with Gasteiger partial charge in [0.15, 0.2) is 5.13 Å². The molecular weight excluding hydrogens is 556 g/mol. The number of rotatable bonds is 4. The van der Waals surface area contributed by atoms with Gasteiger partial charge in [0.05, 0.1) is 40.9 Å². The zero-order valence-corrected chi connectivity index (χ0v) is 22.4. The monoisotopic (exact) mass is 578 g/mol. The first kappa shape index (κ1) is 24.0. The molecule has 0 unspecified atom stereocenters. The predicted octanol–water partition coefficient (Wildman–Crippen LogP) is 4.35. The fraction of sp³-hybridized carbons (Fsp3) is 0.269. The third-order valence-electron chi connectivity index (χ3n) is 6.45. The number of morpholine rings is 1. The van der Waals surface area contributed by atoms with E-state index in [0.29, 0.717) is 37.0 Å². The summed E-state index contributed by atoms with van der Waals surface area (Å²) in [7, 11) is 0. The molecule has 2 aliphatic rings. The molecule has 1 saturated heterocycles. The molecule has 37 heavy (non-hydrogen) atoms. The number of nitrogens with one attached hydrogen (secondary N) is 1. The predicted molar refractivity (Wildman–Crippen MR) is 144 cm³/mol. The second-order valence-electron chi connectivity index (χ2n) is 8.88. The average molecular weight is 579 g/mol. The van der Waals surface area contributed by atoms with Crippen molar-refractivity contribution in [1.29, 1.82) is 0 Å².